The molecular weight excluding hydrogens is 272 g/mol. The zero-order valence-electron chi connectivity index (χ0n) is 11.5. The molecule has 0 fully saturated rings. The van der Waals surface area contributed by atoms with Crippen LogP contribution in [0.15, 0.2) is 36.4 Å². The van der Waals surface area contributed by atoms with Gasteiger partial charge >= 0.3 is 0 Å². The van der Waals surface area contributed by atoms with Gasteiger partial charge in [-0.25, -0.2) is 8.78 Å². The van der Waals surface area contributed by atoms with Crippen molar-refractivity contribution in [3.05, 3.63) is 70.3 Å². The molecule has 1 atom stereocenters. The van der Waals surface area contributed by atoms with Crippen LogP contribution in [0.25, 0.3) is 0 Å². The van der Waals surface area contributed by atoms with Gasteiger partial charge in [-0.2, -0.15) is 0 Å². The second-order valence-electron chi connectivity index (χ2n) is 5.51. The van der Waals surface area contributed by atoms with Crippen LogP contribution in [-0.2, 0) is 12.8 Å². The number of nitrogens with two attached hydrogens (primary N) is 1. The van der Waals surface area contributed by atoms with E-state index in [4.69, 9.17) is 5.73 Å². The van der Waals surface area contributed by atoms with Crippen LogP contribution in [0.5, 0.6) is 0 Å². The van der Waals surface area contributed by atoms with Crippen LogP contribution >= 0.6 is 0 Å². The van der Waals surface area contributed by atoms with E-state index in [1.807, 2.05) is 0 Å². The highest BCUT2D eigenvalue weighted by molar-refractivity contribution is 5.46. The molecule has 4 heteroatoms. The topological polar surface area (TPSA) is 46.2 Å². The third-order valence-corrected chi connectivity index (χ3v) is 4.18. The van der Waals surface area contributed by atoms with E-state index in [-0.39, 0.29) is 24.2 Å². The molecular formula is C17H17F2NO. The van der Waals surface area contributed by atoms with Gasteiger partial charge in [-0.3, -0.25) is 0 Å². The number of benzene rings is 2. The normalized spacial score (nSPS) is 16.0. The van der Waals surface area contributed by atoms with Crippen LogP contribution in [0.1, 0.15) is 28.2 Å². The molecule has 0 saturated heterocycles. The Morgan fingerprint density at radius 2 is 1.48 bits per heavy atom. The Hall–Kier alpha value is -1.78. The van der Waals surface area contributed by atoms with E-state index in [0.717, 1.165) is 22.3 Å². The van der Waals surface area contributed by atoms with Gasteiger partial charge in [0, 0.05) is 12.0 Å². The van der Waals surface area contributed by atoms with Crippen molar-refractivity contribution < 1.29 is 13.9 Å². The van der Waals surface area contributed by atoms with Crippen LogP contribution in [0, 0.1) is 11.6 Å². The SMILES string of the molecule is NC(CO)C1c2ccc(F)cc2CCc2cc(F)ccc21. The lowest BCUT2D eigenvalue weighted by Gasteiger charge is -2.25. The molecule has 3 rings (SSSR count). The fourth-order valence-corrected chi connectivity index (χ4v) is 3.19. The molecule has 2 nitrogen and oxygen atoms in total. The molecule has 3 N–H and O–H groups in total. The minimum atomic E-state index is -0.503. The van der Waals surface area contributed by atoms with Gasteiger partial charge in [-0.05, 0) is 59.4 Å². The molecule has 0 aliphatic heterocycles. The molecule has 21 heavy (non-hydrogen) atoms. The van der Waals surface area contributed by atoms with Crippen molar-refractivity contribution in [2.24, 2.45) is 5.73 Å². The highest BCUT2D eigenvalue weighted by Crippen LogP contribution is 2.36. The maximum Gasteiger partial charge on any atom is 0.123 e. The summed E-state index contributed by atoms with van der Waals surface area (Å²) < 4.78 is 27.0. The van der Waals surface area contributed by atoms with E-state index in [0.29, 0.717) is 12.8 Å². The molecule has 0 saturated carbocycles. The van der Waals surface area contributed by atoms with Gasteiger partial charge in [0.1, 0.15) is 11.6 Å². The van der Waals surface area contributed by atoms with Crippen molar-refractivity contribution in [2.75, 3.05) is 6.61 Å². The number of aliphatic hydroxyl groups excluding tert-OH is 1. The predicted molar refractivity (Wildman–Crippen MR) is 77.1 cm³/mol. The van der Waals surface area contributed by atoms with Gasteiger partial charge in [-0.1, -0.05) is 12.1 Å². The first-order valence-corrected chi connectivity index (χ1v) is 7.03. The number of aliphatic hydroxyl groups is 1. The molecule has 2 aromatic carbocycles. The molecule has 0 amide bonds. The van der Waals surface area contributed by atoms with E-state index < -0.39 is 6.04 Å². The van der Waals surface area contributed by atoms with Crippen LogP contribution < -0.4 is 5.73 Å². The second-order valence-corrected chi connectivity index (χ2v) is 5.51. The Bertz CT molecular complexity index is 618. The van der Waals surface area contributed by atoms with E-state index in [1.165, 1.54) is 24.3 Å². The first kappa shape index (κ1) is 14.2. The molecule has 1 aliphatic rings. The summed E-state index contributed by atoms with van der Waals surface area (Å²) in [4.78, 5) is 0. The smallest absolute Gasteiger partial charge is 0.123 e. The van der Waals surface area contributed by atoms with Crippen molar-refractivity contribution in [1.29, 1.82) is 0 Å². The Labute approximate surface area is 122 Å². The number of hydrogen-bond donors (Lipinski definition) is 2. The van der Waals surface area contributed by atoms with Crippen molar-refractivity contribution in [3.63, 3.8) is 0 Å². The van der Waals surface area contributed by atoms with Gasteiger partial charge in [0.05, 0.1) is 6.61 Å². The molecule has 0 bridgehead atoms. The average molecular weight is 289 g/mol. The summed E-state index contributed by atoms with van der Waals surface area (Å²) >= 11 is 0. The zero-order valence-corrected chi connectivity index (χ0v) is 11.5. The average Bonchev–Trinajstić information content (AvgIpc) is 2.63. The maximum absolute atomic E-state index is 13.5. The number of hydrogen-bond acceptors (Lipinski definition) is 2. The summed E-state index contributed by atoms with van der Waals surface area (Å²) in [6.07, 6.45) is 1.27. The summed E-state index contributed by atoms with van der Waals surface area (Å²) in [7, 11) is 0. The minimum absolute atomic E-state index is 0.182. The number of fused-ring (bicyclic) bond motifs is 2. The summed E-state index contributed by atoms with van der Waals surface area (Å²) in [6, 6.07) is 8.78. The molecule has 1 unspecified atom stereocenters. The first-order valence-electron chi connectivity index (χ1n) is 7.03. The van der Waals surface area contributed by atoms with Crippen molar-refractivity contribution in [2.45, 2.75) is 24.8 Å². The Kier molecular flexibility index (Phi) is 3.74. The summed E-state index contributed by atoms with van der Waals surface area (Å²) in [6.45, 7) is -0.182. The zero-order chi connectivity index (χ0) is 15.0. The molecule has 1 aliphatic carbocycles. The fraction of sp³-hybridized carbons (Fsp3) is 0.294. The quantitative estimate of drug-likeness (QED) is 0.892. The van der Waals surface area contributed by atoms with E-state index >= 15 is 0 Å². The maximum atomic E-state index is 13.5. The van der Waals surface area contributed by atoms with Gasteiger partial charge in [0.25, 0.3) is 0 Å². The number of rotatable bonds is 2. The lowest BCUT2D eigenvalue weighted by molar-refractivity contribution is 0.256. The van der Waals surface area contributed by atoms with Crippen molar-refractivity contribution in [1.82, 2.24) is 0 Å². The molecule has 0 aromatic heterocycles. The molecule has 0 spiro atoms. The molecule has 110 valence electrons. The predicted octanol–water partition coefficient (Wildman–Crippen LogP) is 2.51. The Balaban J connectivity index is 2.20. The standard InChI is InChI=1S/C17H17F2NO/c18-12-3-5-14-10(7-12)1-2-11-8-13(19)4-6-15(11)17(14)16(20)9-21/h3-8,16-17,21H,1-2,9,20H2. The summed E-state index contributed by atoms with van der Waals surface area (Å²) in [5.41, 5.74) is 9.68. The van der Waals surface area contributed by atoms with E-state index in [2.05, 4.69) is 0 Å². The third-order valence-electron chi connectivity index (χ3n) is 4.18. The van der Waals surface area contributed by atoms with E-state index in [1.54, 1.807) is 12.1 Å². The highest BCUT2D eigenvalue weighted by Gasteiger charge is 2.28. The number of halogens is 2. The Morgan fingerprint density at radius 3 is 1.90 bits per heavy atom. The summed E-state index contributed by atoms with van der Waals surface area (Å²) in [5.74, 6) is -0.826. The summed E-state index contributed by atoms with van der Waals surface area (Å²) in [5, 5.41) is 9.47. The van der Waals surface area contributed by atoms with Crippen molar-refractivity contribution in [3.8, 4) is 0 Å². The van der Waals surface area contributed by atoms with Gasteiger partial charge in [0.15, 0.2) is 0 Å². The first-order chi connectivity index (χ1) is 10.1. The lowest BCUT2D eigenvalue weighted by atomic mass is 9.83. The Morgan fingerprint density at radius 1 is 1.00 bits per heavy atom. The largest absolute Gasteiger partial charge is 0.395 e. The van der Waals surface area contributed by atoms with Crippen molar-refractivity contribution >= 4 is 0 Å². The van der Waals surface area contributed by atoms with Gasteiger partial charge in [-0.15, -0.1) is 0 Å². The number of aryl methyl sites for hydroxylation is 2. The monoisotopic (exact) mass is 289 g/mol. The van der Waals surface area contributed by atoms with Crippen LogP contribution in [0.4, 0.5) is 8.78 Å². The molecule has 2 aromatic rings. The van der Waals surface area contributed by atoms with Crippen LogP contribution in [0.2, 0.25) is 0 Å². The van der Waals surface area contributed by atoms with Crippen LogP contribution in [0.3, 0.4) is 0 Å². The lowest BCUT2D eigenvalue weighted by Crippen LogP contribution is -2.33. The highest BCUT2D eigenvalue weighted by atomic mass is 19.1. The fourth-order valence-electron chi connectivity index (χ4n) is 3.19. The second kappa shape index (κ2) is 5.54. The minimum Gasteiger partial charge on any atom is -0.395 e. The van der Waals surface area contributed by atoms with Crippen LogP contribution in [-0.4, -0.2) is 17.8 Å². The molecule has 0 heterocycles. The van der Waals surface area contributed by atoms with Gasteiger partial charge in [0.2, 0.25) is 0 Å². The van der Waals surface area contributed by atoms with E-state index in [9.17, 15) is 13.9 Å². The third kappa shape index (κ3) is 2.57. The van der Waals surface area contributed by atoms with Gasteiger partial charge < -0.3 is 10.8 Å². The molecule has 0 radical (unpaired) electrons.